The summed E-state index contributed by atoms with van der Waals surface area (Å²) in [5, 5.41) is 3.64. The van der Waals surface area contributed by atoms with Crippen LogP contribution in [-0.2, 0) is 0 Å². The van der Waals surface area contributed by atoms with Gasteiger partial charge < -0.3 is 10.2 Å². The smallest absolute Gasteiger partial charge is 0.146 e. The minimum Gasteiger partial charge on any atom is -0.363 e. The van der Waals surface area contributed by atoms with Gasteiger partial charge in [0.25, 0.3) is 0 Å². The van der Waals surface area contributed by atoms with E-state index in [2.05, 4.69) is 31.0 Å². The van der Waals surface area contributed by atoms with Gasteiger partial charge in [-0.25, -0.2) is 4.39 Å². The fraction of sp³-hybridized carbons (Fsp3) is 0.647. The molecule has 3 heteroatoms. The molecule has 1 aliphatic heterocycles. The molecule has 3 unspecified atom stereocenters. The molecule has 2 rings (SSSR count). The fourth-order valence-corrected chi connectivity index (χ4v) is 2.99. The lowest BCUT2D eigenvalue weighted by Crippen LogP contribution is -2.58. The van der Waals surface area contributed by atoms with Crippen molar-refractivity contribution in [2.24, 2.45) is 5.92 Å². The van der Waals surface area contributed by atoms with Gasteiger partial charge in [-0.1, -0.05) is 33.3 Å². The van der Waals surface area contributed by atoms with Crippen LogP contribution in [0.5, 0.6) is 0 Å². The van der Waals surface area contributed by atoms with Gasteiger partial charge in [-0.2, -0.15) is 0 Å². The van der Waals surface area contributed by atoms with Crippen LogP contribution in [0.3, 0.4) is 0 Å². The van der Waals surface area contributed by atoms with Gasteiger partial charge in [-0.3, -0.25) is 0 Å². The van der Waals surface area contributed by atoms with Gasteiger partial charge >= 0.3 is 0 Å². The van der Waals surface area contributed by atoms with E-state index in [0.717, 1.165) is 37.2 Å². The third-order valence-corrected chi connectivity index (χ3v) is 4.66. The summed E-state index contributed by atoms with van der Waals surface area (Å²) in [5.41, 5.74) is 1.89. The first-order chi connectivity index (χ1) is 9.56. The molecule has 0 aromatic heterocycles. The van der Waals surface area contributed by atoms with Crippen LogP contribution in [0.4, 0.5) is 10.1 Å². The van der Waals surface area contributed by atoms with Crippen molar-refractivity contribution in [2.45, 2.75) is 52.6 Å². The molecule has 0 spiro atoms. The van der Waals surface area contributed by atoms with Gasteiger partial charge in [0, 0.05) is 25.2 Å². The van der Waals surface area contributed by atoms with Gasteiger partial charge in [0.2, 0.25) is 0 Å². The molecule has 1 fully saturated rings. The van der Waals surface area contributed by atoms with Crippen LogP contribution in [0, 0.1) is 18.7 Å². The SMILES string of the molecule is CCC(C)C1CN(c2cc(C)ccc2F)C(CC)CN1. The summed E-state index contributed by atoms with van der Waals surface area (Å²) in [6.07, 6.45) is 2.19. The molecule has 0 amide bonds. The first-order valence-corrected chi connectivity index (χ1v) is 7.83. The van der Waals surface area contributed by atoms with Crippen molar-refractivity contribution in [3.05, 3.63) is 29.6 Å². The van der Waals surface area contributed by atoms with Crippen molar-refractivity contribution >= 4 is 5.69 Å². The number of halogens is 1. The third kappa shape index (κ3) is 3.14. The molecule has 1 heterocycles. The van der Waals surface area contributed by atoms with Crippen LogP contribution in [0.25, 0.3) is 0 Å². The Morgan fingerprint density at radius 3 is 2.80 bits per heavy atom. The summed E-state index contributed by atoms with van der Waals surface area (Å²) in [7, 11) is 0. The zero-order chi connectivity index (χ0) is 14.7. The third-order valence-electron chi connectivity index (χ3n) is 4.66. The highest BCUT2D eigenvalue weighted by Gasteiger charge is 2.30. The number of hydrogen-bond donors (Lipinski definition) is 1. The number of piperazine rings is 1. The van der Waals surface area contributed by atoms with Gasteiger partial charge in [0.1, 0.15) is 5.82 Å². The summed E-state index contributed by atoms with van der Waals surface area (Å²) in [4.78, 5) is 2.27. The Morgan fingerprint density at radius 1 is 1.40 bits per heavy atom. The average molecular weight is 278 g/mol. The Hall–Kier alpha value is -1.09. The van der Waals surface area contributed by atoms with Crippen LogP contribution in [-0.4, -0.2) is 25.2 Å². The second-order valence-corrected chi connectivity index (χ2v) is 6.07. The summed E-state index contributed by atoms with van der Waals surface area (Å²) in [6.45, 7) is 10.5. The lowest BCUT2D eigenvalue weighted by molar-refractivity contribution is 0.304. The number of aryl methyl sites for hydroxylation is 1. The van der Waals surface area contributed by atoms with Gasteiger partial charge in [0.15, 0.2) is 0 Å². The summed E-state index contributed by atoms with van der Waals surface area (Å²) in [6, 6.07) is 6.25. The lowest BCUT2D eigenvalue weighted by atomic mass is 9.94. The molecule has 1 aromatic carbocycles. The van der Waals surface area contributed by atoms with Crippen LogP contribution in [0.2, 0.25) is 0 Å². The summed E-state index contributed by atoms with van der Waals surface area (Å²) >= 11 is 0. The maximum absolute atomic E-state index is 14.2. The molecule has 0 saturated carbocycles. The minimum absolute atomic E-state index is 0.0983. The van der Waals surface area contributed by atoms with E-state index in [9.17, 15) is 4.39 Å². The topological polar surface area (TPSA) is 15.3 Å². The highest BCUT2D eigenvalue weighted by Crippen LogP contribution is 2.27. The molecule has 1 aliphatic rings. The molecule has 1 saturated heterocycles. The number of hydrogen-bond acceptors (Lipinski definition) is 2. The number of rotatable bonds is 4. The molecule has 0 radical (unpaired) electrons. The molecule has 3 atom stereocenters. The van der Waals surface area contributed by atoms with E-state index in [1.54, 1.807) is 6.07 Å². The number of nitrogens with one attached hydrogen (secondary N) is 1. The molecular formula is C17H27FN2. The molecule has 20 heavy (non-hydrogen) atoms. The van der Waals surface area contributed by atoms with E-state index in [1.807, 2.05) is 19.1 Å². The van der Waals surface area contributed by atoms with Gasteiger partial charge in [-0.05, 0) is 37.0 Å². The highest BCUT2D eigenvalue weighted by molar-refractivity contribution is 5.51. The van der Waals surface area contributed by atoms with Crippen molar-refractivity contribution in [1.29, 1.82) is 0 Å². The van der Waals surface area contributed by atoms with E-state index in [4.69, 9.17) is 0 Å². The quantitative estimate of drug-likeness (QED) is 0.902. The summed E-state index contributed by atoms with van der Waals surface area (Å²) < 4.78 is 14.2. The fourth-order valence-electron chi connectivity index (χ4n) is 2.99. The number of anilines is 1. The Kier molecular flexibility index (Phi) is 5.03. The molecule has 0 bridgehead atoms. The van der Waals surface area contributed by atoms with Crippen LogP contribution < -0.4 is 10.2 Å². The highest BCUT2D eigenvalue weighted by atomic mass is 19.1. The van der Waals surface area contributed by atoms with Crippen molar-refractivity contribution in [2.75, 3.05) is 18.0 Å². The standard InChI is InChI=1S/C17H27FN2/c1-5-13(4)16-11-20(14(6-2)10-19-16)17-9-12(3)7-8-15(17)18/h7-9,13-14,16,19H,5-6,10-11H2,1-4H3. The average Bonchev–Trinajstić information content (AvgIpc) is 2.48. The van der Waals surface area contributed by atoms with E-state index in [0.29, 0.717) is 18.0 Å². The Balaban J connectivity index is 2.26. The summed E-state index contributed by atoms with van der Waals surface area (Å²) in [5.74, 6) is 0.516. The largest absolute Gasteiger partial charge is 0.363 e. The van der Waals surface area contributed by atoms with Crippen molar-refractivity contribution in [1.82, 2.24) is 5.32 Å². The molecule has 0 aliphatic carbocycles. The van der Waals surface area contributed by atoms with Crippen LogP contribution in [0.15, 0.2) is 18.2 Å². The zero-order valence-electron chi connectivity index (χ0n) is 13.1. The monoisotopic (exact) mass is 278 g/mol. The van der Waals surface area contributed by atoms with E-state index < -0.39 is 0 Å². The predicted molar refractivity (Wildman–Crippen MR) is 83.8 cm³/mol. The van der Waals surface area contributed by atoms with Crippen molar-refractivity contribution < 1.29 is 4.39 Å². The number of nitrogens with zero attached hydrogens (tertiary/aromatic N) is 1. The van der Waals surface area contributed by atoms with E-state index >= 15 is 0 Å². The zero-order valence-corrected chi connectivity index (χ0v) is 13.1. The second kappa shape index (κ2) is 6.57. The molecule has 112 valence electrons. The normalized spacial score (nSPS) is 24.8. The van der Waals surface area contributed by atoms with Crippen LogP contribution >= 0.6 is 0 Å². The maximum Gasteiger partial charge on any atom is 0.146 e. The Morgan fingerprint density at radius 2 is 2.15 bits per heavy atom. The molecule has 2 nitrogen and oxygen atoms in total. The first-order valence-electron chi connectivity index (χ1n) is 7.83. The van der Waals surface area contributed by atoms with E-state index in [-0.39, 0.29) is 5.82 Å². The maximum atomic E-state index is 14.2. The molecule has 1 aromatic rings. The molecular weight excluding hydrogens is 251 g/mol. The van der Waals surface area contributed by atoms with Crippen LogP contribution in [0.1, 0.15) is 39.2 Å². The Bertz CT molecular complexity index is 447. The number of benzene rings is 1. The second-order valence-electron chi connectivity index (χ2n) is 6.07. The minimum atomic E-state index is -0.0983. The first kappa shape index (κ1) is 15.3. The van der Waals surface area contributed by atoms with E-state index in [1.165, 1.54) is 0 Å². The van der Waals surface area contributed by atoms with Gasteiger partial charge in [-0.15, -0.1) is 0 Å². The molecule has 1 N–H and O–H groups in total. The lowest BCUT2D eigenvalue weighted by Gasteiger charge is -2.43. The van der Waals surface area contributed by atoms with Gasteiger partial charge in [0.05, 0.1) is 5.69 Å². The Labute approximate surface area is 122 Å². The van der Waals surface area contributed by atoms with Crippen molar-refractivity contribution in [3.63, 3.8) is 0 Å². The van der Waals surface area contributed by atoms with Crippen molar-refractivity contribution in [3.8, 4) is 0 Å². The predicted octanol–water partition coefficient (Wildman–Crippen LogP) is 3.74.